The fourth-order valence-corrected chi connectivity index (χ4v) is 4.07. The van der Waals surface area contributed by atoms with E-state index in [2.05, 4.69) is 26.8 Å². The molecule has 4 heteroatoms. The summed E-state index contributed by atoms with van der Waals surface area (Å²) in [4.78, 5) is 14.4. The predicted octanol–water partition coefficient (Wildman–Crippen LogP) is 2.58. The van der Waals surface area contributed by atoms with Crippen LogP contribution in [0, 0.1) is 32.6 Å². The second-order valence-corrected chi connectivity index (χ2v) is 7.27. The summed E-state index contributed by atoms with van der Waals surface area (Å²) in [6.07, 6.45) is 2.74. The second-order valence-electron chi connectivity index (χ2n) is 7.27. The third-order valence-electron chi connectivity index (χ3n) is 5.60. The molecule has 1 aromatic carbocycles. The molecule has 2 fully saturated rings. The molecular formula is C19H28N2O2. The lowest BCUT2D eigenvalue weighted by Gasteiger charge is -2.19. The quantitative estimate of drug-likeness (QED) is 0.929. The van der Waals surface area contributed by atoms with Gasteiger partial charge < -0.3 is 15.4 Å². The number of hydrogen-bond donors (Lipinski definition) is 1. The van der Waals surface area contributed by atoms with Crippen LogP contribution in [0.4, 0.5) is 0 Å². The number of nitrogens with zero attached hydrogens (tertiary/aromatic N) is 1. The van der Waals surface area contributed by atoms with Gasteiger partial charge in [-0.05, 0) is 68.2 Å². The average Bonchev–Trinajstić information content (AvgIpc) is 3.06. The summed E-state index contributed by atoms with van der Waals surface area (Å²) < 4.78 is 5.87. The average molecular weight is 316 g/mol. The van der Waals surface area contributed by atoms with E-state index in [0.717, 1.165) is 30.8 Å². The first-order valence-electron chi connectivity index (χ1n) is 8.69. The Labute approximate surface area is 139 Å². The van der Waals surface area contributed by atoms with Crippen molar-refractivity contribution in [1.29, 1.82) is 0 Å². The largest absolute Gasteiger partial charge is 0.493 e. The van der Waals surface area contributed by atoms with Crippen molar-refractivity contribution in [3.05, 3.63) is 28.8 Å². The van der Waals surface area contributed by atoms with Crippen LogP contribution in [0.3, 0.4) is 0 Å². The van der Waals surface area contributed by atoms with Crippen LogP contribution >= 0.6 is 0 Å². The summed E-state index contributed by atoms with van der Waals surface area (Å²) in [5.41, 5.74) is 9.72. The molecule has 3 rings (SSSR count). The first-order chi connectivity index (χ1) is 11.0. The molecule has 1 saturated heterocycles. The van der Waals surface area contributed by atoms with E-state index in [-0.39, 0.29) is 11.9 Å². The molecule has 2 aliphatic rings. The monoisotopic (exact) mass is 316 g/mol. The minimum Gasteiger partial charge on any atom is -0.493 e. The molecule has 0 radical (unpaired) electrons. The lowest BCUT2D eigenvalue weighted by atomic mass is 9.98. The first-order valence-corrected chi connectivity index (χ1v) is 8.69. The summed E-state index contributed by atoms with van der Waals surface area (Å²) in [6.45, 7) is 8.39. The van der Waals surface area contributed by atoms with Crippen LogP contribution in [-0.2, 0) is 4.79 Å². The molecule has 1 saturated carbocycles. The van der Waals surface area contributed by atoms with Gasteiger partial charge in [0.05, 0.1) is 13.0 Å². The van der Waals surface area contributed by atoms with Crippen LogP contribution in [0.25, 0.3) is 0 Å². The number of ether oxygens (including phenoxy) is 1. The highest BCUT2D eigenvalue weighted by Gasteiger charge is 2.42. The van der Waals surface area contributed by atoms with E-state index in [0.29, 0.717) is 24.9 Å². The molecule has 3 atom stereocenters. The van der Waals surface area contributed by atoms with Crippen molar-refractivity contribution in [1.82, 2.24) is 4.90 Å². The Morgan fingerprint density at radius 2 is 2.04 bits per heavy atom. The molecule has 0 bridgehead atoms. The van der Waals surface area contributed by atoms with Gasteiger partial charge in [-0.15, -0.1) is 0 Å². The zero-order valence-corrected chi connectivity index (χ0v) is 14.5. The Hall–Kier alpha value is -1.55. The Morgan fingerprint density at radius 3 is 2.78 bits per heavy atom. The normalized spacial score (nSPS) is 26.4. The molecule has 1 aliphatic carbocycles. The van der Waals surface area contributed by atoms with Gasteiger partial charge in [-0.25, -0.2) is 0 Å². The van der Waals surface area contributed by atoms with Crippen molar-refractivity contribution >= 4 is 5.91 Å². The van der Waals surface area contributed by atoms with E-state index < -0.39 is 0 Å². The number of fused-ring (bicyclic) bond motifs is 1. The topological polar surface area (TPSA) is 55.6 Å². The van der Waals surface area contributed by atoms with Crippen molar-refractivity contribution < 1.29 is 9.53 Å². The van der Waals surface area contributed by atoms with Crippen LogP contribution in [0.2, 0.25) is 0 Å². The lowest BCUT2D eigenvalue weighted by Crippen LogP contribution is -2.34. The van der Waals surface area contributed by atoms with Gasteiger partial charge in [0, 0.05) is 19.1 Å². The zero-order chi connectivity index (χ0) is 16.6. The van der Waals surface area contributed by atoms with E-state index >= 15 is 0 Å². The number of aryl methyl sites for hydroxylation is 2. The summed E-state index contributed by atoms with van der Waals surface area (Å²) in [5.74, 6) is 2.24. The number of carbonyl (C=O) groups is 1. The number of likely N-dealkylation sites (tertiary alicyclic amines) is 1. The van der Waals surface area contributed by atoms with Crippen LogP contribution in [-0.4, -0.2) is 36.5 Å². The van der Waals surface area contributed by atoms with Gasteiger partial charge in [-0.1, -0.05) is 6.07 Å². The molecule has 4 nitrogen and oxygen atoms in total. The first kappa shape index (κ1) is 16.3. The molecule has 1 aliphatic heterocycles. The van der Waals surface area contributed by atoms with Crippen LogP contribution in [0.5, 0.6) is 5.75 Å². The minimum atomic E-state index is 0.202. The van der Waals surface area contributed by atoms with E-state index in [9.17, 15) is 4.79 Å². The number of rotatable bonds is 4. The van der Waals surface area contributed by atoms with Crippen LogP contribution in [0.1, 0.15) is 36.0 Å². The van der Waals surface area contributed by atoms with E-state index in [4.69, 9.17) is 10.5 Å². The Kier molecular flexibility index (Phi) is 4.62. The third-order valence-corrected chi connectivity index (χ3v) is 5.60. The van der Waals surface area contributed by atoms with Gasteiger partial charge in [-0.2, -0.15) is 0 Å². The summed E-state index contributed by atoms with van der Waals surface area (Å²) in [7, 11) is 0. The van der Waals surface area contributed by atoms with Gasteiger partial charge in [0.1, 0.15) is 5.75 Å². The number of benzene rings is 1. The Balaban J connectivity index is 1.51. The maximum Gasteiger partial charge on any atom is 0.226 e. The fraction of sp³-hybridized carbons (Fsp3) is 0.632. The highest BCUT2D eigenvalue weighted by atomic mass is 16.5. The van der Waals surface area contributed by atoms with Crippen LogP contribution < -0.4 is 10.5 Å². The fourth-order valence-electron chi connectivity index (χ4n) is 4.07. The maximum atomic E-state index is 12.4. The van der Waals surface area contributed by atoms with Crippen LogP contribution in [0.15, 0.2) is 12.1 Å². The van der Waals surface area contributed by atoms with E-state index in [1.54, 1.807) is 0 Å². The number of carbonyl (C=O) groups excluding carboxylic acids is 1. The molecule has 1 aromatic rings. The maximum absolute atomic E-state index is 12.4. The van der Waals surface area contributed by atoms with Gasteiger partial charge >= 0.3 is 0 Å². The molecular weight excluding hydrogens is 288 g/mol. The Bertz CT molecular complexity index is 599. The van der Waals surface area contributed by atoms with Gasteiger partial charge in [-0.3, -0.25) is 4.79 Å². The number of hydrogen-bond acceptors (Lipinski definition) is 3. The number of amides is 1. The molecule has 2 N–H and O–H groups in total. The van der Waals surface area contributed by atoms with Crippen molar-refractivity contribution in [2.24, 2.45) is 17.6 Å². The van der Waals surface area contributed by atoms with Gasteiger partial charge in [0.15, 0.2) is 0 Å². The lowest BCUT2D eigenvalue weighted by molar-refractivity contribution is -0.131. The highest BCUT2D eigenvalue weighted by molar-refractivity contribution is 5.76. The SMILES string of the molecule is Cc1cc(C)c(C)c(OCCC(=O)N2CC3CCC(N)C3C2)c1. The van der Waals surface area contributed by atoms with Gasteiger partial charge in [0.25, 0.3) is 0 Å². The summed E-state index contributed by atoms with van der Waals surface area (Å²) in [5, 5.41) is 0. The number of nitrogens with two attached hydrogens (primary N) is 1. The molecule has 1 amide bonds. The third kappa shape index (κ3) is 3.37. The molecule has 0 aromatic heterocycles. The van der Waals surface area contributed by atoms with Crippen molar-refractivity contribution in [2.45, 2.75) is 46.1 Å². The summed E-state index contributed by atoms with van der Waals surface area (Å²) >= 11 is 0. The van der Waals surface area contributed by atoms with E-state index in [1.165, 1.54) is 17.5 Å². The standard InChI is InChI=1S/C19H28N2O2/c1-12-8-13(2)14(3)18(9-12)23-7-6-19(22)21-10-15-4-5-17(20)16(15)11-21/h8-9,15-17H,4-7,10-11,20H2,1-3H3. The molecule has 1 heterocycles. The molecule has 3 unspecified atom stereocenters. The minimum absolute atomic E-state index is 0.202. The summed E-state index contributed by atoms with van der Waals surface area (Å²) in [6, 6.07) is 4.48. The molecule has 126 valence electrons. The van der Waals surface area contributed by atoms with Crippen molar-refractivity contribution in [2.75, 3.05) is 19.7 Å². The predicted molar refractivity (Wildman–Crippen MR) is 91.5 cm³/mol. The van der Waals surface area contributed by atoms with Crippen molar-refractivity contribution in [3.8, 4) is 5.75 Å². The second kappa shape index (κ2) is 6.52. The van der Waals surface area contributed by atoms with Crippen molar-refractivity contribution in [3.63, 3.8) is 0 Å². The smallest absolute Gasteiger partial charge is 0.226 e. The molecule has 23 heavy (non-hydrogen) atoms. The van der Waals surface area contributed by atoms with E-state index in [1.807, 2.05) is 11.0 Å². The zero-order valence-electron chi connectivity index (χ0n) is 14.5. The Morgan fingerprint density at radius 1 is 1.26 bits per heavy atom. The highest BCUT2D eigenvalue weighted by Crippen LogP contribution is 2.37. The molecule has 0 spiro atoms. The van der Waals surface area contributed by atoms with Gasteiger partial charge in [0.2, 0.25) is 5.91 Å².